The maximum absolute atomic E-state index is 10.7. The summed E-state index contributed by atoms with van der Waals surface area (Å²) in [7, 11) is 0. The Kier molecular flexibility index (Phi) is 3.45. The minimum atomic E-state index is -1.22. The fourth-order valence-corrected chi connectivity index (χ4v) is 1.58. The van der Waals surface area contributed by atoms with E-state index in [0.29, 0.717) is 9.26 Å². The molecule has 0 aromatic heterocycles. The molecule has 14 heavy (non-hydrogen) atoms. The van der Waals surface area contributed by atoms with Crippen molar-refractivity contribution in [1.29, 1.82) is 0 Å². The zero-order valence-corrected chi connectivity index (χ0v) is 9.49. The van der Waals surface area contributed by atoms with Crippen LogP contribution in [-0.4, -0.2) is 11.9 Å². The molecule has 0 unspecified atom stereocenters. The highest BCUT2D eigenvalue weighted by Crippen LogP contribution is 2.19. The zero-order chi connectivity index (χ0) is 10.7. The predicted molar refractivity (Wildman–Crippen MR) is 57.8 cm³/mol. The molecule has 0 saturated heterocycles. The predicted octanol–water partition coefficient (Wildman–Crippen LogP) is 0.613. The molecule has 0 aliphatic carbocycles. The van der Waals surface area contributed by atoms with Crippen LogP contribution < -0.4 is 10.4 Å². The SMILES string of the molecule is CC(=O)Nc1ccc(C(=O)[O-])cc1I. The van der Waals surface area contributed by atoms with Gasteiger partial charge in [0.25, 0.3) is 0 Å². The van der Waals surface area contributed by atoms with E-state index in [4.69, 9.17) is 0 Å². The average Bonchev–Trinajstić information content (AvgIpc) is 2.07. The first kappa shape index (κ1) is 11.0. The molecule has 0 saturated carbocycles. The number of anilines is 1. The summed E-state index contributed by atoms with van der Waals surface area (Å²) in [6, 6.07) is 4.37. The smallest absolute Gasteiger partial charge is 0.221 e. The van der Waals surface area contributed by atoms with E-state index in [0.717, 1.165) is 0 Å². The highest BCUT2D eigenvalue weighted by atomic mass is 127. The van der Waals surface area contributed by atoms with Gasteiger partial charge in [0.2, 0.25) is 5.91 Å². The van der Waals surface area contributed by atoms with Gasteiger partial charge in [0.15, 0.2) is 0 Å². The Hall–Kier alpha value is -1.11. The molecule has 0 aliphatic rings. The number of hydrogen-bond donors (Lipinski definition) is 1. The third-order valence-electron chi connectivity index (χ3n) is 1.52. The van der Waals surface area contributed by atoms with Crippen molar-refractivity contribution in [2.75, 3.05) is 5.32 Å². The first-order chi connectivity index (χ1) is 6.50. The molecule has 0 aliphatic heterocycles. The second kappa shape index (κ2) is 4.41. The summed E-state index contributed by atoms with van der Waals surface area (Å²) in [5.41, 5.74) is 0.701. The molecule has 5 heteroatoms. The maximum Gasteiger partial charge on any atom is 0.221 e. The molecule has 74 valence electrons. The van der Waals surface area contributed by atoms with Gasteiger partial charge in [0.05, 0.1) is 11.7 Å². The molecule has 1 N–H and O–H groups in total. The first-order valence-corrected chi connectivity index (χ1v) is 4.87. The highest BCUT2D eigenvalue weighted by molar-refractivity contribution is 14.1. The zero-order valence-electron chi connectivity index (χ0n) is 7.33. The van der Waals surface area contributed by atoms with Gasteiger partial charge >= 0.3 is 0 Å². The molecule has 1 rings (SSSR count). The molecule has 0 atom stereocenters. The molecule has 0 spiro atoms. The summed E-state index contributed by atoms with van der Waals surface area (Å²) in [6.45, 7) is 1.39. The van der Waals surface area contributed by atoms with Crippen LogP contribution in [0.2, 0.25) is 0 Å². The van der Waals surface area contributed by atoms with Crippen molar-refractivity contribution in [3.8, 4) is 0 Å². The van der Waals surface area contributed by atoms with Crippen LogP contribution in [0, 0.1) is 3.57 Å². The number of halogens is 1. The van der Waals surface area contributed by atoms with E-state index in [2.05, 4.69) is 5.32 Å². The fraction of sp³-hybridized carbons (Fsp3) is 0.111. The van der Waals surface area contributed by atoms with Crippen LogP contribution in [0.15, 0.2) is 18.2 Å². The molecule has 1 aromatic rings. The summed E-state index contributed by atoms with van der Waals surface area (Å²) < 4.78 is 0.666. The fourth-order valence-electron chi connectivity index (χ4n) is 0.933. The largest absolute Gasteiger partial charge is 0.545 e. The second-order valence-electron chi connectivity index (χ2n) is 2.66. The number of amides is 1. The van der Waals surface area contributed by atoms with E-state index >= 15 is 0 Å². The molecule has 4 nitrogen and oxygen atoms in total. The lowest BCUT2D eigenvalue weighted by Crippen LogP contribution is -2.22. The monoisotopic (exact) mass is 304 g/mol. The second-order valence-corrected chi connectivity index (χ2v) is 3.83. The molecule has 1 aromatic carbocycles. The van der Waals surface area contributed by atoms with Gasteiger partial charge in [0.1, 0.15) is 0 Å². The number of carboxylic acids is 1. The molecule has 0 fully saturated rings. The lowest BCUT2D eigenvalue weighted by Gasteiger charge is -2.07. The lowest BCUT2D eigenvalue weighted by atomic mass is 10.2. The van der Waals surface area contributed by atoms with Crippen LogP contribution in [0.25, 0.3) is 0 Å². The third kappa shape index (κ3) is 2.69. The van der Waals surface area contributed by atoms with Crippen molar-refractivity contribution >= 4 is 40.2 Å². The van der Waals surface area contributed by atoms with Gasteiger partial charge in [-0.15, -0.1) is 0 Å². The average molecular weight is 304 g/mol. The van der Waals surface area contributed by atoms with Crippen molar-refractivity contribution in [2.45, 2.75) is 6.92 Å². The minimum absolute atomic E-state index is 0.100. The number of rotatable bonds is 2. The van der Waals surface area contributed by atoms with Crippen molar-refractivity contribution in [3.05, 3.63) is 27.3 Å². The van der Waals surface area contributed by atoms with E-state index < -0.39 is 5.97 Å². The summed E-state index contributed by atoms with van der Waals surface area (Å²) in [4.78, 5) is 21.2. The lowest BCUT2D eigenvalue weighted by molar-refractivity contribution is -0.255. The highest BCUT2D eigenvalue weighted by Gasteiger charge is 2.02. The molecule has 0 radical (unpaired) electrons. The third-order valence-corrected chi connectivity index (χ3v) is 2.41. The van der Waals surface area contributed by atoms with Crippen molar-refractivity contribution in [3.63, 3.8) is 0 Å². The topological polar surface area (TPSA) is 69.2 Å². The van der Waals surface area contributed by atoms with Crippen LogP contribution in [0.3, 0.4) is 0 Å². The van der Waals surface area contributed by atoms with Gasteiger partial charge < -0.3 is 15.2 Å². The molecule has 1 amide bonds. The molecule has 0 heterocycles. The Morgan fingerprint density at radius 1 is 1.43 bits per heavy atom. The van der Waals surface area contributed by atoms with Crippen molar-refractivity contribution < 1.29 is 14.7 Å². The van der Waals surface area contributed by atoms with Crippen LogP contribution in [0.5, 0.6) is 0 Å². The number of carbonyl (C=O) groups is 2. The first-order valence-electron chi connectivity index (χ1n) is 3.79. The van der Waals surface area contributed by atoms with Crippen LogP contribution in [-0.2, 0) is 4.79 Å². The number of aromatic carboxylic acids is 1. The van der Waals surface area contributed by atoms with E-state index in [1.165, 1.54) is 25.1 Å². The van der Waals surface area contributed by atoms with Crippen molar-refractivity contribution in [1.82, 2.24) is 0 Å². The normalized spacial score (nSPS) is 9.57. The number of carboxylic acid groups (broad SMARTS) is 1. The Labute approximate surface area is 94.5 Å². The van der Waals surface area contributed by atoms with Crippen LogP contribution in [0.1, 0.15) is 17.3 Å². The van der Waals surface area contributed by atoms with Gasteiger partial charge in [-0.3, -0.25) is 4.79 Å². The van der Waals surface area contributed by atoms with Gasteiger partial charge in [-0.25, -0.2) is 0 Å². The van der Waals surface area contributed by atoms with E-state index in [1.54, 1.807) is 0 Å². The van der Waals surface area contributed by atoms with Gasteiger partial charge in [0, 0.05) is 10.5 Å². The Bertz CT molecular complexity index is 390. The molecule has 0 bridgehead atoms. The van der Waals surface area contributed by atoms with Crippen LogP contribution >= 0.6 is 22.6 Å². The summed E-state index contributed by atoms with van der Waals surface area (Å²) in [5, 5.41) is 13.1. The molecular formula is C9H7INO3-. The number of benzene rings is 1. The quantitative estimate of drug-likeness (QED) is 0.814. The Morgan fingerprint density at radius 2 is 2.07 bits per heavy atom. The maximum atomic E-state index is 10.7. The molecular weight excluding hydrogens is 297 g/mol. The van der Waals surface area contributed by atoms with Crippen molar-refractivity contribution in [2.24, 2.45) is 0 Å². The Balaban J connectivity index is 3.01. The minimum Gasteiger partial charge on any atom is -0.545 e. The summed E-state index contributed by atoms with van der Waals surface area (Å²) >= 11 is 1.95. The van der Waals surface area contributed by atoms with Gasteiger partial charge in [-0.2, -0.15) is 0 Å². The van der Waals surface area contributed by atoms with Crippen LogP contribution in [0.4, 0.5) is 5.69 Å². The van der Waals surface area contributed by atoms with E-state index in [-0.39, 0.29) is 11.5 Å². The Morgan fingerprint density at radius 3 is 2.50 bits per heavy atom. The van der Waals surface area contributed by atoms with E-state index in [1.807, 2.05) is 22.6 Å². The summed E-state index contributed by atoms with van der Waals surface area (Å²) in [6.07, 6.45) is 0. The number of carbonyl (C=O) groups excluding carboxylic acids is 2. The number of hydrogen-bond acceptors (Lipinski definition) is 3. The standard InChI is InChI=1S/C9H8INO3/c1-5(12)11-8-3-2-6(9(13)14)4-7(8)10/h2-4H,1H3,(H,11,12)(H,13,14)/p-1. The van der Waals surface area contributed by atoms with Gasteiger partial charge in [-0.1, -0.05) is 6.07 Å². The summed E-state index contributed by atoms with van der Waals surface area (Å²) in [5.74, 6) is -1.42. The van der Waals surface area contributed by atoms with E-state index in [9.17, 15) is 14.7 Å². The van der Waals surface area contributed by atoms with Gasteiger partial charge in [-0.05, 0) is 40.3 Å². The number of nitrogens with one attached hydrogen (secondary N) is 1.